The molecular weight excluding hydrogens is 321 g/mol. The molecule has 2 saturated carbocycles. The molecule has 0 saturated heterocycles. The standard InChI is InChI=1S/C24H36FN/c1-4-5-12-26-13-11-22(2)14-20-15-23(3,21-9-7-6-8-10-21)18-24(16-20,17-22)19-25/h4,6-10,20,26H,1,5,11-19H2,2-3H3/t20?,22?,23-,24?/m0/s1. The van der Waals surface area contributed by atoms with Crippen molar-refractivity contribution in [3.8, 4) is 0 Å². The van der Waals surface area contributed by atoms with Crippen molar-refractivity contribution in [3.05, 3.63) is 48.6 Å². The Morgan fingerprint density at radius 1 is 1.12 bits per heavy atom. The summed E-state index contributed by atoms with van der Waals surface area (Å²) in [6.07, 6.45) is 9.72. The number of fused-ring (bicyclic) bond motifs is 2. The normalized spacial score (nSPS) is 36.7. The Balaban J connectivity index is 1.71. The molecule has 1 aromatic rings. The predicted molar refractivity (Wildman–Crippen MR) is 109 cm³/mol. The zero-order chi connectivity index (χ0) is 18.7. The zero-order valence-electron chi connectivity index (χ0n) is 16.7. The minimum absolute atomic E-state index is 0.123. The Hall–Kier alpha value is -1.15. The number of halogens is 1. The highest BCUT2D eigenvalue weighted by Gasteiger charge is 2.53. The Bertz CT molecular complexity index is 599. The molecule has 0 heterocycles. The molecule has 0 spiro atoms. The molecule has 2 aliphatic carbocycles. The maximum atomic E-state index is 14.4. The summed E-state index contributed by atoms with van der Waals surface area (Å²) in [5, 5.41) is 3.53. The molecule has 4 atom stereocenters. The minimum Gasteiger partial charge on any atom is -0.316 e. The van der Waals surface area contributed by atoms with Gasteiger partial charge in [-0.25, -0.2) is 0 Å². The molecule has 2 fully saturated rings. The number of hydrogen-bond donors (Lipinski definition) is 1. The predicted octanol–water partition coefficient (Wildman–Crippen LogP) is 6.06. The summed E-state index contributed by atoms with van der Waals surface area (Å²) in [4.78, 5) is 0. The van der Waals surface area contributed by atoms with Crippen molar-refractivity contribution in [2.45, 2.75) is 64.2 Å². The second kappa shape index (κ2) is 7.84. The van der Waals surface area contributed by atoms with Crippen LogP contribution in [0.25, 0.3) is 0 Å². The second-order valence-corrected chi connectivity index (χ2v) is 9.78. The van der Waals surface area contributed by atoms with Crippen LogP contribution in [-0.2, 0) is 5.41 Å². The third-order valence-corrected chi connectivity index (χ3v) is 6.99. The van der Waals surface area contributed by atoms with Crippen LogP contribution >= 0.6 is 0 Å². The first-order valence-corrected chi connectivity index (χ1v) is 10.4. The van der Waals surface area contributed by atoms with Gasteiger partial charge >= 0.3 is 0 Å². The summed E-state index contributed by atoms with van der Waals surface area (Å²) in [5.41, 5.74) is 1.67. The SMILES string of the molecule is C=CCCNCCC1(C)CC2CC(CF)(C1)C[C@@](C)(c1ccccc1)C2. The van der Waals surface area contributed by atoms with Crippen molar-refractivity contribution in [1.82, 2.24) is 5.32 Å². The Kier molecular flexibility index (Phi) is 5.91. The van der Waals surface area contributed by atoms with E-state index < -0.39 is 0 Å². The van der Waals surface area contributed by atoms with Crippen molar-refractivity contribution in [1.29, 1.82) is 0 Å². The number of benzene rings is 1. The van der Waals surface area contributed by atoms with Gasteiger partial charge in [0.15, 0.2) is 0 Å². The Morgan fingerprint density at radius 2 is 1.88 bits per heavy atom. The average molecular weight is 358 g/mol. The van der Waals surface area contributed by atoms with E-state index in [2.05, 4.69) is 56.1 Å². The molecule has 144 valence electrons. The summed E-state index contributed by atoms with van der Waals surface area (Å²) in [6.45, 7) is 10.4. The van der Waals surface area contributed by atoms with Gasteiger partial charge in [0.2, 0.25) is 0 Å². The molecule has 26 heavy (non-hydrogen) atoms. The Morgan fingerprint density at radius 3 is 2.58 bits per heavy atom. The highest BCUT2D eigenvalue weighted by molar-refractivity contribution is 5.27. The van der Waals surface area contributed by atoms with Gasteiger partial charge in [-0.05, 0) is 80.3 Å². The molecule has 2 bridgehead atoms. The first-order valence-electron chi connectivity index (χ1n) is 10.4. The van der Waals surface area contributed by atoms with Crippen LogP contribution in [0.1, 0.15) is 64.4 Å². The number of hydrogen-bond acceptors (Lipinski definition) is 1. The van der Waals surface area contributed by atoms with E-state index in [1.54, 1.807) is 0 Å². The third-order valence-electron chi connectivity index (χ3n) is 6.99. The number of alkyl halides is 1. The molecule has 1 nitrogen and oxygen atoms in total. The summed E-state index contributed by atoms with van der Waals surface area (Å²) < 4.78 is 14.4. The quantitative estimate of drug-likeness (QED) is 0.441. The summed E-state index contributed by atoms with van der Waals surface area (Å²) in [6, 6.07) is 10.8. The Labute approximate surface area is 159 Å². The largest absolute Gasteiger partial charge is 0.316 e. The lowest BCUT2D eigenvalue weighted by Gasteiger charge is -2.57. The number of rotatable bonds is 8. The van der Waals surface area contributed by atoms with E-state index in [0.29, 0.717) is 5.92 Å². The van der Waals surface area contributed by atoms with Gasteiger partial charge in [-0.15, -0.1) is 6.58 Å². The van der Waals surface area contributed by atoms with Gasteiger partial charge < -0.3 is 5.32 Å². The lowest BCUT2D eigenvalue weighted by atomic mass is 9.48. The van der Waals surface area contributed by atoms with E-state index >= 15 is 0 Å². The van der Waals surface area contributed by atoms with Crippen LogP contribution in [0, 0.1) is 16.7 Å². The van der Waals surface area contributed by atoms with Gasteiger partial charge in [0.05, 0.1) is 6.67 Å². The van der Waals surface area contributed by atoms with Gasteiger partial charge in [-0.1, -0.05) is 50.3 Å². The average Bonchev–Trinajstić information content (AvgIpc) is 2.61. The van der Waals surface area contributed by atoms with Crippen molar-refractivity contribution in [2.24, 2.45) is 16.7 Å². The zero-order valence-corrected chi connectivity index (χ0v) is 16.7. The first-order chi connectivity index (χ1) is 12.4. The fourth-order valence-corrected chi connectivity index (χ4v) is 6.37. The van der Waals surface area contributed by atoms with E-state index in [0.717, 1.165) is 45.2 Å². The summed E-state index contributed by atoms with van der Waals surface area (Å²) >= 11 is 0. The van der Waals surface area contributed by atoms with E-state index in [1.165, 1.54) is 18.4 Å². The van der Waals surface area contributed by atoms with Gasteiger partial charge in [-0.2, -0.15) is 0 Å². The summed E-state index contributed by atoms with van der Waals surface area (Å²) in [5.74, 6) is 0.650. The maximum absolute atomic E-state index is 14.4. The van der Waals surface area contributed by atoms with Crippen LogP contribution in [0.5, 0.6) is 0 Å². The van der Waals surface area contributed by atoms with Crippen molar-refractivity contribution >= 4 is 0 Å². The lowest BCUT2D eigenvalue weighted by Crippen LogP contribution is -2.50. The molecule has 2 heteroatoms. The lowest BCUT2D eigenvalue weighted by molar-refractivity contribution is -0.0558. The number of nitrogens with one attached hydrogen (secondary N) is 1. The van der Waals surface area contributed by atoms with Crippen LogP contribution < -0.4 is 5.32 Å². The van der Waals surface area contributed by atoms with Gasteiger partial charge in [0.1, 0.15) is 0 Å². The van der Waals surface area contributed by atoms with E-state index in [9.17, 15) is 4.39 Å². The minimum atomic E-state index is -0.161. The molecule has 0 aliphatic heterocycles. The molecular formula is C24H36FN. The van der Waals surface area contributed by atoms with Crippen LogP contribution in [0.3, 0.4) is 0 Å². The fourth-order valence-electron chi connectivity index (χ4n) is 6.37. The molecule has 3 unspecified atom stereocenters. The molecule has 0 amide bonds. The van der Waals surface area contributed by atoms with Crippen LogP contribution in [0.2, 0.25) is 0 Å². The smallest absolute Gasteiger partial charge is 0.0951 e. The van der Waals surface area contributed by atoms with Crippen LogP contribution in [0.4, 0.5) is 4.39 Å². The molecule has 0 radical (unpaired) electrons. The van der Waals surface area contributed by atoms with Gasteiger partial charge in [0, 0.05) is 5.41 Å². The fraction of sp³-hybridized carbons (Fsp3) is 0.667. The van der Waals surface area contributed by atoms with Crippen molar-refractivity contribution in [3.63, 3.8) is 0 Å². The topological polar surface area (TPSA) is 12.0 Å². The van der Waals surface area contributed by atoms with Crippen LogP contribution in [-0.4, -0.2) is 19.8 Å². The maximum Gasteiger partial charge on any atom is 0.0951 e. The van der Waals surface area contributed by atoms with E-state index in [1.807, 2.05) is 6.08 Å². The highest BCUT2D eigenvalue weighted by atomic mass is 19.1. The molecule has 0 aromatic heterocycles. The first kappa shape index (κ1) is 19.6. The van der Waals surface area contributed by atoms with Crippen molar-refractivity contribution < 1.29 is 4.39 Å². The monoisotopic (exact) mass is 357 g/mol. The second-order valence-electron chi connectivity index (χ2n) is 9.78. The third kappa shape index (κ3) is 4.22. The molecule has 1 N–H and O–H groups in total. The van der Waals surface area contributed by atoms with Gasteiger partial charge in [0.25, 0.3) is 0 Å². The van der Waals surface area contributed by atoms with Crippen molar-refractivity contribution in [2.75, 3.05) is 19.8 Å². The highest BCUT2D eigenvalue weighted by Crippen LogP contribution is 2.61. The van der Waals surface area contributed by atoms with Crippen LogP contribution in [0.15, 0.2) is 43.0 Å². The summed E-state index contributed by atoms with van der Waals surface area (Å²) in [7, 11) is 0. The van der Waals surface area contributed by atoms with Gasteiger partial charge in [-0.3, -0.25) is 4.39 Å². The molecule has 3 rings (SSSR count). The molecule has 1 aromatic carbocycles. The van der Waals surface area contributed by atoms with E-state index in [4.69, 9.17) is 0 Å². The van der Waals surface area contributed by atoms with E-state index in [-0.39, 0.29) is 22.9 Å². The molecule has 2 aliphatic rings.